The van der Waals surface area contributed by atoms with Crippen molar-refractivity contribution in [3.63, 3.8) is 0 Å². The molecule has 6 heteroatoms. The van der Waals surface area contributed by atoms with Crippen molar-refractivity contribution < 1.29 is 14.7 Å². The number of aliphatic carboxylic acids is 1. The van der Waals surface area contributed by atoms with Crippen molar-refractivity contribution in [1.29, 1.82) is 0 Å². The summed E-state index contributed by atoms with van der Waals surface area (Å²) in [6, 6.07) is 1.94. The highest BCUT2D eigenvalue weighted by molar-refractivity contribution is 7.11. The third-order valence-corrected chi connectivity index (χ3v) is 4.25. The van der Waals surface area contributed by atoms with E-state index in [2.05, 4.69) is 11.9 Å². The number of thiophene rings is 1. The molecule has 1 N–H and O–H groups in total. The molecule has 0 radical (unpaired) electrons. The van der Waals surface area contributed by atoms with Crippen molar-refractivity contribution in [2.24, 2.45) is 0 Å². The van der Waals surface area contributed by atoms with Crippen LogP contribution in [0.2, 0.25) is 0 Å². The lowest BCUT2D eigenvalue weighted by atomic mass is 10.1. The van der Waals surface area contributed by atoms with Crippen molar-refractivity contribution in [2.45, 2.75) is 13.0 Å². The Morgan fingerprint density at radius 3 is 2.85 bits per heavy atom. The van der Waals surface area contributed by atoms with Gasteiger partial charge in [-0.15, -0.1) is 11.3 Å². The van der Waals surface area contributed by atoms with E-state index in [0.717, 1.165) is 30.6 Å². The number of hydrogen-bond donors (Lipinski definition) is 1. The molecule has 2 rings (SSSR count). The van der Waals surface area contributed by atoms with Gasteiger partial charge in [0.25, 0.3) is 5.91 Å². The van der Waals surface area contributed by atoms with Crippen LogP contribution in [0.1, 0.15) is 22.2 Å². The maximum Gasteiger partial charge on any atom is 0.328 e. The van der Waals surface area contributed by atoms with Crippen LogP contribution in [0.5, 0.6) is 0 Å². The highest BCUT2D eigenvalue weighted by Crippen LogP contribution is 2.20. The molecule has 0 saturated carbocycles. The Morgan fingerprint density at radius 1 is 1.45 bits per heavy atom. The van der Waals surface area contributed by atoms with Gasteiger partial charge in [0.15, 0.2) is 0 Å². The SMILES string of the molecule is CC1CN(C)CCN1C(=O)c1csc(/C=C/C(=O)O)c1. The minimum atomic E-state index is -0.987. The van der Waals surface area contributed by atoms with Crippen LogP contribution in [-0.2, 0) is 4.79 Å². The zero-order chi connectivity index (χ0) is 14.7. The molecule has 0 aromatic carbocycles. The third-order valence-electron chi connectivity index (χ3n) is 3.35. The van der Waals surface area contributed by atoms with Gasteiger partial charge in [-0.2, -0.15) is 0 Å². The van der Waals surface area contributed by atoms with Crippen molar-refractivity contribution >= 4 is 29.3 Å². The van der Waals surface area contributed by atoms with Crippen molar-refractivity contribution in [3.05, 3.63) is 28.0 Å². The van der Waals surface area contributed by atoms with E-state index in [0.29, 0.717) is 5.56 Å². The minimum absolute atomic E-state index is 0.0248. The Hall–Kier alpha value is -1.66. The highest BCUT2D eigenvalue weighted by atomic mass is 32.1. The van der Waals surface area contributed by atoms with E-state index < -0.39 is 5.97 Å². The van der Waals surface area contributed by atoms with Crippen LogP contribution >= 0.6 is 11.3 Å². The van der Waals surface area contributed by atoms with Crippen LogP contribution in [0.15, 0.2) is 17.5 Å². The number of likely N-dealkylation sites (N-methyl/N-ethyl adjacent to an activating group) is 1. The molecule has 1 unspecified atom stereocenters. The number of hydrogen-bond acceptors (Lipinski definition) is 4. The van der Waals surface area contributed by atoms with Gasteiger partial charge in [0.05, 0.1) is 5.56 Å². The molecule has 0 spiro atoms. The summed E-state index contributed by atoms with van der Waals surface area (Å²) in [4.78, 5) is 27.8. The van der Waals surface area contributed by atoms with Crippen molar-refractivity contribution in [2.75, 3.05) is 26.7 Å². The number of piperazine rings is 1. The fourth-order valence-electron chi connectivity index (χ4n) is 2.31. The number of carboxylic acid groups (broad SMARTS) is 1. The Balaban J connectivity index is 2.08. The molecular formula is C14H18N2O3S. The van der Waals surface area contributed by atoms with Gasteiger partial charge >= 0.3 is 5.97 Å². The van der Waals surface area contributed by atoms with Gasteiger partial charge in [-0.1, -0.05) is 0 Å². The summed E-state index contributed by atoms with van der Waals surface area (Å²) in [5.41, 5.74) is 0.636. The smallest absolute Gasteiger partial charge is 0.328 e. The fraction of sp³-hybridized carbons (Fsp3) is 0.429. The highest BCUT2D eigenvalue weighted by Gasteiger charge is 2.26. The minimum Gasteiger partial charge on any atom is -0.478 e. The topological polar surface area (TPSA) is 60.9 Å². The van der Waals surface area contributed by atoms with Crippen molar-refractivity contribution in [1.82, 2.24) is 9.80 Å². The van der Waals surface area contributed by atoms with Gasteiger partial charge in [-0.3, -0.25) is 4.79 Å². The van der Waals surface area contributed by atoms with E-state index in [4.69, 9.17) is 5.11 Å². The number of carbonyl (C=O) groups excluding carboxylic acids is 1. The molecule has 5 nitrogen and oxygen atoms in total. The van der Waals surface area contributed by atoms with Crippen molar-refractivity contribution in [3.8, 4) is 0 Å². The number of nitrogens with zero attached hydrogens (tertiary/aromatic N) is 2. The second kappa shape index (κ2) is 6.19. The summed E-state index contributed by atoms with van der Waals surface area (Å²) >= 11 is 1.38. The monoisotopic (exact) mass is 294 g/mol. The molecule has 108 valence electrons. The lowest BCUT2D eigenvalue weighted by molar-refractivity contribution is -0.131. The predicted octanol–water partition coefficient (Wildman–Crippen LogP) is 1.62. The Bertz CT molecular complexity index is 538. The van der Waals surface area contributed by atoms with Gasteiger partial charge in [0.1, 0.15) is 0 Å². The number of carboxylic acids is 1. The average Bonchev–Trinajstić information content (AvgIpc) is 2.84. The summed E-state index contributed by atoms with van der Waals surface area (Å²) < 4.78 is 0. The lowest BCUT2D eigenvalue weighted by Crippen LogP contribution is -2.52. The van der Waals surface area contributed by atoms with Gasteiger partial charge in [0, 0.05) is 42.0 Å². The van der Waals surface area contributed by atoms with Gasteiger partial charge in [0.2, 0.25) is 0 Å². The first-order valence-corrected chi connectivity index (χ1v) is 7.34. The molecule has 20 heavy (non-hydrogen) atoms. The van der Waals surface area contributed by atoms with Crippen LogP contribution in [0.3, 0.4) is 0 Å². The zero-order valence-corrected chi connectivity index (χ0v) is 12.4. The van der Waals surface area contributed by atoms with E-state index >= 15 is 0 Å². The molecule has 0 bridgehead atoms. The maximum absolute atomic E-state index is 12.4. The zero-order valence-electron chi connectivity index (χ0n) is 11.6. The molecule has 1 aliphatic rings. The Labute approximate surface area is 122 Å². The van der Waals surface area contributed by atoms with Gasteiger partial charge < -0.3 is 14.9 Å². The first-order chi connectivity index (χ1) is 9.47. The van der Waals surface area contributed by atoms with Gasteiger partial charge in [-0.25, -0.2) is 4.79 Å². The maximum atomic E-state index is 12.4. The molecule has 2 heterocycles. The molecular weight excluding hydrogens is 276 g/mol. The lowest BCUT2D eigenvalue weighted by Gasteiger charge is -2.38. The standard InChI is InChI=1S/C14H18N2O3S/c1-10-8-15(2)5-6-16(10)14(19)11-7-12(20-9-11)3-4-13(17)18/h3-4,7,9-10H,5-6,8H2,1-2H3,(H,17,18)/b4-3+. The largest absolute Gasteiger partial charge is 0.478 e. The van der Waals surface area contributed by atoms with E-state index in [-0.39, 0.29) is 11.9 Å². The molecule has 1 saturated heterocycles. The van der Waals surface area contributed by atoms with Gasteiger partial charge in [-0.05, 0) is 26.1 Å². The Morgan fingerprint density at radius 2 is 2.20 bits per heavy atom. The second-order valence-electron chi connectivity index (χ2n) is 5.02. The number of amides is 1. The quantitative estimate of drug-likeness (QED) is 0.861. The first kappa shape index (κ1) is 14.7. The normalized spacial score (nSPS) is 20.5. The Kier molecular flexibility index (Phi) is 4.57. The van der Waals surface area contributed by atoms with Crippen LogP contribution in [0, 0.1) is 0 Å². The summed E-state index contributed by atoms with van der Waals surface area (Å²) in [5, 5.41) is 10.4. The molecule has 1 aliphatic heterocycles. The van der Waals surface area contributed by atoms with Crippen LogP contribution in [-0.4, -0.2) is 59.5 Å². The van der Waals surface area contributed by atoms with E-state index in [9.17, 15) is 9.59 Å². The van der Waals surface area contributed by atoms with E-state index in [1.807, 2.05) is 11.8 Å². The van der Waals surface area contributed by atoms with E-state index in [1.165, 1.54) is 17.4 Å². The predicted molar refractivity (Wildman–Crippen MR) is 79.0 cm³/mol. The van der Waals surface area contributed by atoms with Crippen LogP contribution < -0.4 is 0 Å². The molecule has 1 aromatic heterocycles. The molecule has 1 atom stereocenters. The first-order valence-electron chi connectivity index (χ1n) is 6.46. The molecule has 1 aromatic rings. The summed E-state index contributed by atoms with van der Waals surface area (Å²) in [6.45, 7) is 4.53. The number of carbonyl (C=O) groups is 2. The van der Waals surface area contributed by atoms with Crippen LogP contribution in [0.25, 0.3) is 6.08 Å². The third kappa shape index (κ3) is 3.46. The fourth-order valence-corrected chi connectivity index (χ4v) is 3.09. The summed E-state index contributed by atoms with van der Waals surface area (Å²) in [6.07, 6.45) is 2.59. The van der Waals surface area contributed by atoms with E-state index in [1.54, 1.807) is 11.4 Å². The molecule has 1 fully saturated rings. The van der Waals surface area contributed by atoms with Crippen LogP contribution in [0.4, 0.5) is 0 Å². The summed E-state index contributed by atoms with van der Waals surface area (Å²) in [7, 11) is 2.05. The molecule has 0 aliphatic carbocycles. The average molecular weight is 294 g/mol. The second-order valence-corrected chi connectivity index (χ2v) is 5.96. The number of rotatable bonds is 3. The summed E-state index contributed by atoms with van der Waals surface area (Å²) in [5.74, 6) is -0.962. The molecule has 1 amide bonds.